The van der Waals surface area contributed by atoms with Crippen LogP contribution in [0.25, 0.3) is 10.9 Å². The molecule has 1 aliphatic heterocycles. The van der Waals surface area contributed by atoms with E-state index in [1.165, 1.54) is 25.0 Å². The Morgan fingerprint density at radius 3 is 2.80 bits per heavy atom. The second-order valence-electron chi connectivity index (χ2n) is 7.53. The fourth-order valence-electron chi connectivity index (χ4n) is 4.27. The van der Waals surface area contributed by atoms with Gasteiger partial charge < -0.3 is 15.2 Å². The van der Waals surface area contributed by atoms with Gasteiger partial charge in [0.05, 0.1) is 0 Å². The molecule has 5 heteroatoms. The van der Waals surface area contributed by atoms with E-state index in [-0.39, 0.29) is 6.03 Å². The molecule has 1 aromatic heterocycles. The Labute approximate surface area is 153 Å². The van der Waals surface area contributed by atoms with E-state index in [4.69, 9.17) is 11.6 Å². The van der Waals surface area contributed by atoms with Gasteiger partial charge in [-0.2, -0.15) is 0 Å². The van der Waals surface area contributed by atoms with Crippen molar-refractivity contribution in [1.82, 2.24) is 15.2 Å². The summed E-state index contributed by atoms with van der Waals surface area (Å²) < 4.78 is 0. The van der Waals surface area contributed by atoms with Crippen LogP contribution in [0.2, 0.25) is 5.02 Å². The number of carbonyl (C=O) groups excluding carboxylic acids is 1. The second kappa shape index (κ2) is 7.28. The summed E-state index contributed by atoms with van der Waals surface area (Å²) >= 11 is 6.10. The second-order valence-corrected chi connectivity index (χ2v) is 7.96. The summed E-state index contributed by atoms with van der Waals surface area (Å²) in [7, 11) is 0. The zero-order valence-corrected chi connectivity index (χ0v) is 15.3. The molecule has 1 saturated carbocycles. The highest BCUT2D eigenvalue weighted by Gasteiger charge is 2.27. The number of piperidine rings is 1. The first-order valence-corrected chi connectivity index (χ1v) is 9.90. The molecule has 2 aromatic rings. The van der Waals surface area contributed by atoms with Crippen LogP contribution < -0.4 is 5.32 Å². The van der Waals surface area contributed by atoms with Gasteiger partial charge in [-0.3, -0.25) is 0 Å². The molecule has 2 N–H and O–H groups in total. The van der Waals surface area contributed by atoms with E-state index >= 15 is 0 Å². The molecule has 0 spiro atoms. The molecule has 1 saturated heterocycles. The van der Waals surface area contributed by atoms with E-state index in [2.05, 4.69) is 16.4 Å². The Bertz CT molecular complexity index is 750. The Kier molecular flexibility index (Phi) is 4.89. The van der Waals surface area contributed by atoms with Gasteiger partial charge in [-0.05, 0) is 49.9 Å². The molecule has 1 atom stereocenters. The topological polar surface area (TPSA) is 48.1 Å². The fourth-order valence-corrected chi connectivity index (χ4v) is 4.45. The number of amides is 2. The molecule has 0 radical (unpaired) electrons. The number of urea groups is 1. The van der Waals surface area contributed by atoms with Gasteiger partial charge in [0.2, 0.25) is 0 Å². The minimum atomic E-state index is 0.121. The van der Waals surface area contributed by atoms with Crippen LogP contribution in [0, 0.1) is 0 Å². The number of benzene rings is 1. The number of aromatic nitrogens is 1. The minimum Gasteiger partial charge on any atom is -0.358 e. The van der Waals surface area contributed by atoms with Crippen molar-refractivity contribution in [2.24, 2.45) is 0 Å². The summed E-state index contributed by atoms with van der Waals surface area (Å²) in [6.45, 7) is 1.65. The molecule has 4 nitrogen and oxygen atoms in total. The predicted molar refractivity (Wildman–Crippen MR) is 102 cm³/mol. The van der Waals surface area contributed by atoms with Crippen molar-refractivity contribution < 1.29 is 4.79 Å². The first-order chi connectivity index (χ1) is 12.2. The van der Waals surface area contributed by atoms with E-state index in [0.29, 0.717) is 12.0 Å². The molecule has 4 rings (SSSR count). The molecule has 134 valence electrons. The number of likely N-dealkylation sites (tertiary alicyclic amines) is 1. The van der Waals surface area contributed by atoms with Gasteiger partial charge in [-0.25, -0.2) is 4.79 Å². The normalized spacial score (nSPS) is 22.3. The summed E-state index contributed by atoms with van der Waals surface area (Å²) in [5.74, 6) is 0.372. The number of hydrogen-bond acceptors (Lipinski definition) is 1. The summed E-state index contributed by atoms with van der Waals surface area (Å²) in [5.41, 5.74) is 2.33. The largest absolute Gasteiger partial charge is 0.358 e. The molecular weight excluding hydrogens is 334 g/mol. The third kappa shape index (κ3) is 3.79. The van der Waals surface area contributed by atoms with Crippen molar-refractivity contribution in [2.45, 2.75) is 56.9 Å². The van der Waals surface area contributed by atoms with Crippen molar-refractivity contribution in [3.05, 3.63) is 35.0 Å². The molecule has 1 aliphatic carbocycles. The van der Waals surface area contributed by atoms with Gasteiger partial charge in [-0.15, -0.1) is 0 Å². The van der Waals surface area contributed by atoms with Gasteiger partial charge in [-0.1, -0.05) is 30.9 Å². The molecule has 2 fully saturated rings. The van der Waals surface area contributed by atoms with E-state index < -0.39 is 0 Å². The number of hydrogen-bond donors (Lipinski definition) is 2. The van der Waals surface area contributed by atoms with Gasteiger partial charge in [0.15, 0.2) is 0 Å². The molecule has 25 heavy (non-hydrogen) atoms. The van der Waals surface area contributed by atoms with Crippen molar-refractivity contribution >= 4 is 28.5 Å². The van der Waals surface area contributed by atoms with Crippen molar-refractivity contribution in [3.63, 3.8) is 0 Å². The summed E-state index contributed by atoms with van der Waals surface area (Å²) in [6, 6.07) is 8.61. The SMILES string of the molecule is O=C(NC1CCCCC1)N1CCCC(c2cc3cc(Cl)ccc3[nH]2)C1. The Morgan fingerprint density at radius 1 is 1.12 bits per heavy atom. The number of carbonyl (C=O) groups is 1. The maximum absolute atomic E-state index is 12.6. The number of nitrogens with one attached hydrogen (secondary N) is 2. The third-order valence-electron chi connectivity index (χ3n) is 5.68. The maximum Gasteiger partial charge on any atom is 0.317 e. The number of fused-ring (bicyclic) bond motifs is 1. The highest BCUT2D eigenvalue weighted by atomic mass is 35.5. The lowest BCUT2D eigenvalue weighted by atomic mass is 9.94. The predicted octanol–water partition coefficient (Wildman–Crippen LogP) is 5.04. The lowest BCUT2D eigenvalue weighted by Crippen LogP contribution is -2.48. The highest BCUT2D eigenvalue weighted by molar-refractivity contribution is 6.31. The number of nitrogens with zero attached hydrogens (tertiary/aromatic N) is 1. The Hall–Kier alpha value is -1.68. The summed E-state index contributed by atoms with van der Waals surface area (Å²) in [4.78, 5) is 18.2. The van der Waals surface area contributed by atoms with Crippen LogP contribution in [-0.4, -0.2) is 35.0 Å². The smallest absolute Gasteiger partial charge is 0.317 e. The van der Waals surface area contributed by atoms with Crippen molar-refractivity contribution in [1.29, 1.82) is 0 Å². The number of rotatable bonds is 2. The van der Waals surface area contributed by atoms with Crippen LogP contribution >= 0.6 is 11.6 Å². The zero-order chi connectivity index (χ0) is 17.2. The van der Waals surface area contributed by atoms with Crippen LogP contribution in [0.3, 0.4) is 0 Å². The quantitative estimate of drug-likeness (QED) is 0.775. The van der Waals surface area contributed by atoms with E-state index in [1.54, 1.807) is 0 Å². The minimum absolute atomic E-state index is 0.121. The molecule has 2 aliphatic rings. The maximum atomic E-state index is 12.6. The highest BCUT2D eigenvalue weighted by Crippen LogP contribution is 2.30. The molecular formula is C20H26ClN3O. The molecule has 1 aromatic carbocycles. The van der Waals surface area contributed by atoms with Crippen LogP contribution in [0.5, 0.6) is 0 Å². The van der Waals surface area contributed by atoms with Crippen molar-refractivity contribution in [3.8, 4) is 0 Å². The zero-order valence-electron chi connectivity index (χ0n) is 14.6. The molecule has 2 heterocycles. The Morgan fingerprint density at radius 2 is 1.96 bits per heavy atom. The third-order valence-corrected chi connectivity index (χ3v) is 5.92. The standard InChI is InChI=1S/C20H26ClN3O/c21-16-8-9-18-15(11-16)12-19(23-18)14-5-4-10-24(13-14)20(25)22-17-6-2-1-3-7-17/h8-9,11-12,14,17,23H,1-7,10,13H2,(H,22,25). The van der Waals surface area contributed by atoms with Gasteiger partial charge in [0.1, 0.15) is 0 Å². The summed E-state index contributed by atoms with van der Waals surface area (Å²) in [6.07, 6.45) is 8.23. The van der Waals surface area contributed by atoms with Gasteiger partial charge >= 0.3 is 6.03 Å². The number of H-pyrrole nitrogens is 1. The van der Waals surface area contributed by atoms with Crippen LogP contribution in [0.15, 0.2) is 24.3 Å². The van der Waals surface area contributed by atoms with Gasteiger partial charge in [0, 0.05) is 46.7 Å². The molecule has 0 bridgehead atoms. The number of halogens is 1. The van der Waals surface area contributed by atoms with Crippen LogP contribution in [0.4, 0.5) is 4.79 Å². The average molecular weight is 360 g/mol. The van der Waals surface area contributed by atoms with Crippen molar-refractivity contribution in [2.75, 3.05) is 13.1 Å². The van der Waals surface area contributed by atoms with Gasteiger partial charge in [0.25, 0.3) is 0 Å². The lowest BCUT2D eigenvalue weighted by Gasteiger charge is -2.34. The van der Waals surface area contributed by atoms with E-state index in [9.17, 15) is 4.79 Å². The molecule has 2 amide bonds. The van der Waals surface area contributed by atoms with Crippen LogP contribution in [-0.2, 0) is 0 Å². The van der Waals surface area contributed by atoms with E-state index in [0.717, 1.165) is 54.7 Å². The first-order valence-electron chi connectivity index (χ1n) is 9.52. The lowest BCUT2D eigenvalue weighted by molar-refractivity contribution is 0.172. The monoisotopic (exact) mass is 359 g/mol. The van der Waals surface area contributed by atoms with Crippen LogP contribution in [0.1, 0.15) is 56.6 Å². The fraction of sp³-hybridized carbons (Fsp3) is 0.550. The first kappa shape index (κ1) is 16.8. The Balaban J connectivity index is 1.43. The average Bonchev–Trinajstić information content (AvgIpc) is 3.06. The molecule has 1 unspecified atom stereocenters. The summed E-state index contributed by atoms with van der Waals surface area (Å²) in [5, 5.41) is 5.16. The van der Waals surface area contributed by atoms with E-state index in [1.807, 2.05) is 23.1 Å². The number of aromatic amines is 1.